The van der Waals surface area contributed by atoms with E-state index in [4.69, 9.17) is 4.74 Å². The van der Waals surface area contributed by atoms with Gasteiger partial charge in [0.25, 0.3) is 0 Å². The highest BCUT2D eigenvalue weighted by Crippen LogP contribution is 2.23. The molecule has 0 N–H and O–H groups in total. The molecule has 0 spiro atoms. The van der Waals surface area contributed by atoms with Crippen LogP contribution in [0.2, 0.25) is 0 Å². The molecule has 0 fully saturated rings. The zero-order valence-electron chi connectivity index (χ0n) is 10.6. The van der Waals surface area contributed by atoms with E-state index in [1.165, 1.54) is 10.5 Å². The molecule has 0 bridgehead atoms. The molecule has 0 aliphatic heterocycles. The summed E-state index contributed by atoms with van der Waals surface area (Å²) in [4.78, 5) is 3.48. The summed E-state index contributed by atoms with van der Waals surface area (Å²) in [5.74, 6) is 0. The molecule has 1 rings (SSSR count). The van der Waals surface area contributed by atoms with Crippen molar-refractivity contribution in [2.45, 2.75) is 30.5 Å². The number of benzene rings is 1. The predicted molar refractivity (Wildman–Crippen MR) is 70.8 cm³/mol. The summed E-state index contributed by atoms with van der Waals surface area (Å²) in [6.07, 6.45) is 0. The second kappa shape index (κ2) is 6.94. The van der Waals surface area contributed by atoms with Gasteiger partial charge in [0.05, 0.1) is 6.73 Å². The molecule has 0 radical (unpaired) electrons. The number of hydrogen-bond donors (Lipinski definition) is 0. The highest BCUT2D eigenvalue weighted by Gasteiger charge is 2.01. The maximum Gasteiger partial charge on any atom is 0.0986 e. The molecular weight excluding hydrogens is 218 g/mol. The van der Waals surface area contributed by atoms with E-state index in [-0.39, 0.29) is 0 Å². The summed E-state index contributed by atoms with van der Waals surface area (Å²) >= 11 is 1.90. The van der Waals surface area contributed by atoms with E-state index in [2.05, 4.69) is 50.1 Å². The van der Waals surface area contributed by atoms with Crippen molar-refractivity contribution in [1.82, 2.24) is 4.90 Å². The SMILES string of the molecule is COCN(C)Cc1ccc(SC(C)C)cc1. The first-order valence-electron chi connectivity index (χ1n) is 5.55. The molecule has 0 aromatic heterocycles. The zero-order chi connectivity index (χ0) is 12.0. The molecule has 0 unspecified atom stereocenters. The van der Waals surface area contributed by atoms with Crippen LogP contribution < -0.4 is 0 Å². The molecule has 1 aromatic carbocycles. The van der Waals surface area contributed by atoms with Gasteiger partial charge in [0, 0.05) is 23.8 Å². The van der Waals surface area contributed by atoms with Gasteiger partial charge in [-0.15, -0.1) is 11.8 Å². The Bertz CT molecular complexity index is 297. The van der Waals surface area contributed by atoms with Crippen LogP contribution in [0.1, 0.15) is 19.4 Å². The minimum Gasteiger partial charge on any atom is -0.369 e. The van der Waals surface area contributed by atoms with Gasteiger partial charge in [-0.1, -0.05) is 26.0 Å². The predicted octanol–water partition coefficient (Wildman–Crippen LogP) is 3.22. The van der Waals surface area contributed by atoms with Crippen molar-refractivity contribution in [2.75, 3.05) is 20.9 Å². The first-order chi connectivity index (χ1) is 7.61. The minimum atomic E-state index is 0.641. The van der Waals surface area contributed by atoms with E-state index < -0.39 is 0 Å². The Morgan fingerprint density at radius 3 is 2.38 bits per heavy atom. The van der Waals surface area contributed by atoms with Crippen LogP contribution in [0.4, 0.5) is 0 Å². The van der Waals surface area contributed by atoms with Crippen LogP contribution in [-0.4, -0.2) is 31.0 Å². The number of hydrogen-bond acceptors (Lipinski definition) is 3. The van der Waals surface area contributed by atoms with Crippen molar-refractivity contribution in [3.8, 4) is 0 Å². The molecule has 0 aliphatic rings. The van der Waals surface area contributed by atoms with Crippen LogP contribution in [0, 0.1) is 0 Å². The molecule has 0 heterocycles. The minimum absolute atomic E-state index is 0.641. The van der Waals surface area contributed by atoms with Crippen LogP contribution in [0.25, 0.3) is 0 Å². The van der Waals surface area contributed by atoms with Gasteiger partial charge in [0.15, 0.2) is 0 Å². The van der Waals surface area contributed by atoms with Gasteiger partial charge in [-0.25, -0.2) is 0 Å². The third-order valence-electron chi connectivity index (χ3n) is 2.10. The van der Waals surface area contributed by atoms with Gasteiger partial charge in [0.2, 0.25) is 0 Å². The van der Waals surface area contributed by atoms with Crippen molar-refractivity contribution >= 4 is 11.8 Å². The summed E-state index contributed by atoms with van der Waals surface area (Å²) in [6.45, 7) is 6.03. The fourth-order valence-electron chi connectivity index (χ4n) is 1.52. The third kappa shape index (κ3) is 5.01. The van der Waals surface area contributed by atoms with Crippen molar-refractivity contribution in [1.29, 1.82) is 0 Å². The largest absolute Gasteiger partial charge is 0.369 e. The van der Waals surface area contributed by atoms with Gasteiger partial charge in [-0.05, 0) is 24.7 Å². The molecule has 1 aromatic rings. The van der Waals surface area contributed by atoms with Crippen molar-refractivity contribution < 1.29 is 4.74 Å². The zero-order valence-corrected chi connectivity index (χ0v) is 11.4. The highest BCUT2D eigenvalue weighted by molar-refractivity contribution is 7.99. The van der Waals surface area contributed by atoms with E-state index in [1.54, 1.807) is 7.11 Å². The number of rotatable bonds is 6. The first kappa shape index (κ1) is 13.6. The van der Waals surface area contributed by atoms with Gasteiger partial charge in [-0.2, -0.15) is 0 Å². The lowest BCUT2D eigenvalue weighted by molar-refractivity contribution is 0.0771. The number of methoxy groups -OCH3 is 1. The Morgan fingerprint density at radius 2 is 1.88 bits per heavy atom. The number of thioether (sulfide) groups is 1. The van der Waals surface area contributed by atoms with Crippen molar-refractivity contribution in [3.05, 3.63) is 29.8 Å². The van der Waals surface area contributed by atoms with Crippen LogP contribution in [0.15, 0.2) is 29.2 Å². The summed E-state index contributed by atoms with van der Waals surface area (Å²) in [5.41, 5.74) is 1.33. The molecular formula is C13H21NOS. The second-order valence-corrected chi connectivity index (χ2v) is 5.89. The average Bonchev–Trinajstić information content (AvgIpc) is 2.20. The molecule has 16 heavy (non-hydrogen) atoms. The summed E-state index contributed by atoms with van der Waals surface area (Å²) < 4.78 is 5.07. The standard InChI is InChI=1S/C13H21NOS/c1-11(2)16-13-7-5-12(6-8-13)9-14(3)10-15-4/h5-8,11H,9-10H2,1-4H3. The van der Waals surface area contributed by atoms with E-state index in [0.29, 0.717) is 12.0 Å². The maximum absolute atomic E-state index is 5.07. The summed E-state index contributed by atoms with van der Waals surface area (Å²) in [5, 5.41) is 0.641. The quantitative estimate of drug-likeness (QED) is 0.558. The van der Waals surface area contributed by atoms with E-state index >= 15 is 0 Å². The van der Waals surface area contributed by atoms with Crippen LogP contribution in [0.3, 0.4) is 0 Å². The molecule has 0 atom stereocenters. The van der Waals surface area contributed by atoms with Crippen molar-refractivity contribution in [2.24, 2.45) is 0 Å². The lowest BCUT2D eigenvalue weighted by atomic mass is 10.2. The summed E-state index contributed by atoms with van der Waals surface area (Å²) in [6, 6.07) is 8.77. The molecule has 90 valence electrons. The Hall–Kier alpha value is -0.510. The van der Waals surface area contributed by atoms with E-state index in [9.17, 15) is 0 Å². The normalized spacial score (nSPS) is 11.4. The number of ether oxygens (including phenoxy) is 1. The Morgan fingerprint density at radius 1 is 1.25 bits per heavy atom. The monoisotopic (exact) mass is 239 g/mol. The lowest BCUT2D eigenvalue weighted by Gasteiger charge is -2.15. The van der Waals surface area contributed by atoms with E-state index in [0.717, 1.165) is 6.54 Å². The van der Waals surface area contributed by atoms with Gasteiger partial charge < -0.3 is 4.74 Å². The first-order valence-corrected chi connectivity index (χ1v) is 6.43. The molecule has 3 heteroatoms. The topological polar surface area (TPSA) is 12.5 Å². The summed E-state index contributed by atoms with van der Waals surface area (Å²) in [7, 11) is 3.78. The Kier molecular flexibility index (Phi) is 5.88. The smallest absolute Gasteiger partial charge is 0.0986 e. The number of nitrogens with zero attached hydrogens (tertiary/aromatic N) is 1. The molecule has 2 nitrogen and oxygen atoms in total. The van der Waals surface area contributed by atoms with Crippen LogP contribution >= 0.6 is 11.8 Å². The Balaban J connectivity index is 2.50. The highest BCUT2D eigenvalue weighted by atomic mass is 32.2. The molecule has 0 aliphatic carbocycles. The molecule has 0 amide bonds. The molecule has 0 saturated heterocycles. The Labute approximate surface area is 103 Å². The third-order valence-corrected chi connectivity index (χ3v) is 3.11. The second-order valence-electron chi connectivity index (χ2n) is 4.24. The fraction of sp³-hybridized carbons (Fsp3) is 0.538. The van der Waals surface area contributed by atoms with Crippen molar-refractivity contribution in [3.63, 3.8) is 0 Å². The van der Waals surface area contributed by atoms with Crippen LogP contribution in [0.5, 0.6) is 0 Å². The molecule has 0 saturated carbocycles. The van der Waals surface area contributed by atoms with Gasteiger partial charge in [-0.3, -0.25) is 4.90 Å². The van der Waals surface area contributed by atoms with Crippen LogP contribution in [-0.2, 0) is 11.3 Å². The van der Waals surface area contributed by atoms with Gasteiger partial charge >= 0.3 is 0 Å². The average molecular weight is 239 g/mol. The maximum atomic E-state index is 5.07. The van der Waals surface area contributed by atoms with E-state index in [1.807, 2.05) is 11.8 Å². The fourth-order valence-corrected chi connectivity index (χ4v) is 2.36. The lowest BCUT2D eigenvalue weighted by Crippen LogP contribution is -2.20. The van der Waals surface area contributed by atoms with Gasteiger partial charge in [0.1, 0.15) is 0 Å².